The molecular weight excluding hydrogens is 717 g/mol. The summed E-state index contributed by atoms with van der Waals surface area (Å²) in [6, 6.07) is 12.0. The van der Waals surface area contributed by atoms with E-state index in [1.54, 1.807) is 16.7 Å². The van der Waals surface area contributed by atoms with Gasteiger partial charge in [-0.1, -0.05) is 12.6 Å². The molecule has 4 fully saturated rings. The van der Waals surface area contributed by atoms with Crippen LogP contribution in [0.25, 0.3) is 5.70 Å². The van der Waals surface area contributed by atoms with Crippen molar-refractivity contribution < 1.29 is 28.7 Å². The largest absolute Gasteiger partial charge is 0.490 e. The maximum atomic E-state index is 13.5. The van der Waals surface area contributed by atoms with Crippen LogP contribution in [-0.2, 0) is 14.4 Å². The van der Waals surface area contributed by atoms with Gasteiger partial charge in [0.15, 0.2) is 5.82 Å². The maximum Gasteiger partial charge on any atom is 0.264 e. The van der Waals surface area contributed by atoms with Crippen LogP contribution in [0.2, 0.25) is 0 Å². The first-order valence-electron chi connectivity index (χ1n) is 19.2. The first-order chi connectivity index (χ1) is 27.0. The summed E-state index contributed by atoms with van der Waals surface area (Å²) in [4.78, 5) is 76.2. The lowest BCUT2D eigenvalue weighted by Crippen LogP contribution is -2.70. The lowest BCUT2D eigenvalue weighted by atomic mass is 9.95. The highest BCUT2D eigenvalue weighted by molar-refractivity contribution is 6.25. The van der Waals surface area contributed by atoms with Gasteiger partial charge in [-0.25, -0.2) is 0 Å². The van der Waals surface area contributed by atoms with Crippen LogP contribution < -0.4 is 20.3 Å². The van der Waals surface area contributed by atoms with E-state index in [9.17, 15) is 24.0 Å². The number of imide groups is 2. The Morgan fingerprint density at radius 1 is 0.964 bits per heavy atom. The van der Waals surface area contributed by atoms with E-state index in [4.69, 9.17) is 4.74 Å². The van der Waals surface area contributed by atoms with Crippen molar-refractivity contribution in [1.82, 2.24) is 34.8 Å². The van der Waals surface area contributed by atoms with E-state index in [0.29, 0.717) is 40.5 Å². The molecule has 6 heterocycles. The highest BCUT2D eigenvalue weighted by Crippen LogP contribution is 2.37. The van der Waals surface area contributed by atoms with E-state index in [-0.39, 0.29) is 31.3 Å². The summed E-state index contributed by atoms with van der Waals surface area (Å²) in [7, 11) is 0. The molecule has 0 radical (unpaired) electrons. The lowest BCUT2D eigenvalue weighted by molar-refractivity contribution is -0.136. The summed E-state index contributed by atoms with van der Waals surface area (Å²) in [5, 5.41) is 13.5. The molecule has 5 aliphatic rings. The molecule has 1 unspecified atom stereocenters. The fourth-order valence-corrected chi connectivity index (χ4v) is 8.52. The van der Waals surface area contributed by atoms with E-state index in [0.717, 1.165) is 74.1 Å². The number of aryl methyl sites for hydroxylation is 1. The Hall–Kier alpha value is -5.74. The standard InChI is InChI=1S/C40H46N10O6/c1-23(2)49-24(3)44-45-37(49)31(41-4)18-35(52)42-25-8-10-28(11-9-25)56-29-14-16-46(17-15-29)26-19-47(20-26)27-21-48(22-27)32-7-5-6-30-36(32)40(55)50(39(30)54)33-12-13-34(51)43-38(33)53/h5-11,26-27,29,31,33H,1,4,12-22H2,2-3H3,(H,42,52)(H,43,51,53)/t31-,33?/m0/s1. The number of likely N-dealkylation sites (tertiary alicyclic amines) is 2. The van der Waals surface area contributed by atoms with Crippen molar-refractivity contribution >= 4 is 53.3 Å². The van der Waals surface area contributed by atoms with Crippen LogP contribution in [0, 0.1) is 6.92 Å². The normalized spacial score (nSPS) is 21.6. The molecule has 2 atom stereocenters. The number of carbonyl (C=O) groups excluding carboxylic acids is 5. The number of aromatic nitrogens is 3. The van der Waals surface area contributed by atoms with Gasteiger partial charge in [-0.05, 0) is 76.2 Å². The summed E-state index contributed by atoms with van der Waals surface area (Å²) in [6.45, 7) is 16.7. The Morgan fingerprint density at radius 3 is 2.36 bits per heavy atom. The number of rotatable bonds is 12. The van der Waals surface area contributed by atoms with Crippen LogP contribution in [0.4, 0.5) is 11.4 Å². The Balaban J connectivity index is 0.765. The van der Waals surface area contributed by atoms with Gasteiger partial charge < -0.3 is 15.0 Å². The van der Waals surface area contributed by atoms with Gasteiger partial charge >= 0.3 is 0 Å². The van der Waals surface area contributed by atoms with E-state index >= 15 is 0 Å². The highest BCUT2D eigenvalue weighted by atomic mass is 16.5. The number of amides is 5. The predicted molar refractivity (Wildman–Crippen MR) is 207 cm³/mol. The van der Waals surface area contributed by atoms with Crippen molar-refractivity contribution in [3.05, 3.63) is 71.8 Å². The molecule has 292 valence electrons. The van der Waals surface area contributed by atoms with Crippen molar-refractivity contribution in [2.24, 2.45) is 4.99 Å². The van der Waals surface area contributed by atoms with Crippen molar-refractivity contribution in [2.45, 2.75) is 76.2 Å². The minimum atomic E-state index is -0.979. The number of benzene rings is 2. The average molecular weight is 763 g/mol. The van der Waals surface area contributed by atoms with E-state index in [1.165, 1.54) is 0 Å². The summed E-state index contributed by atoms with van der Waals surface area (Å²) >= 11 is 0. The van der Waals surface area contributed by atoms with Crippen molar-refractivity contribution in [3.8, 4) is 5.75 Å². The average Bonchev–Trinajstić information content (AvgIpc) is 3.65. The quantitative estimate of drug-likeness (QED) is 0.205. The molecule has 5 aliphatic heterocycles. The number of aliphatic imine (C=N–C) groups is 1. The van der Waals surface area contributed by atoms with Gasteiger partial charge in [0.25, 0.3) is 11.8 Å². The van der Waals surface area contributed by atoms with Gasteiger partial charge in [-0.2, -0.15) is 0 Å². The number of fused-ring (bicyclic) bond motifs is 1. The summed E-state index contributed by atoms with van der Waals surface area (Å²) in [5.41, 5.74) is 2.77. The first kappa shape index (κ1) is 37.2. The SMILES string of the molecule is C=N[C@@H](CC(=O)Nc1ccc(OC2CCN(C3CN(C4CN(c5cccc6c5C(=O)N(C5CCC(=O)NC5=O)C6=O)C4)C3)CC2)cc1)c1nnc(C)n1C(=C)C. The van der Waals surface area contributed by atoms with Gasteiger partial charge in [0, 0.05) is 69.2 Å². The third kappa shape index (κ3) is 6.98. The zero-order valence-corrected chi connectivity index (χ0v) is 31.6. The van der Waals surface area contributed by atoms with Crippen molar-refractivity contribution in [3.63, 3.8) is 0 Å². The number of anilines is 2. The molecule has 4 saturated heterocycles. The smallest absolute Gasteiger partial charge is 0.264 e. The van der Waals surface area contributed by atoms with E-state index in [1.807, 2.05) is 44.2 Å². The number of carbonyl (C=O) groups is 5. The summed E-state index contributed by atoms with van der Waals surface area (Å²) in [6.07, 6.45) is 2.27. The topological polar surface area (TPSA) is 175 Å². The molecule has 5 amide bonds. The maximum absolute atomic E-state index is 13.5. The van der Waals surface area contributed by atoms with Crippen LogP contribution in [0.5, 0.6) is 5.75 Å². The second-order valence-corrected chi connectivity index (χ2v) is 15.3. The van der Waals surface area contributed by atoms with Gasteiger partial charge in [-0.15, -0.1) is 10.2 Å². The number of hydrogen-bond acceptors (Lipinski definition) is 12. The van der Waals surface area contributed by atoms with Gasteiger partial charge in [-0.3, -0.25) is 53.5 Å². The van der Waals surface area contributed by atoms with Gasteiger partial charge in [0.05, 0.1) is 23.2 Å². The fourth-order valence-electron chi connectivity index (χ4n) is 8.52. The van der Waals surface area contributed by atoms with Crippen LogP contribution in [0.3, 0.4) is 0 Å². The molecule has 16 nitrogen and oxygen atoms in total. The van der Waals surface area contributed by atoms with Gasteiger partial charge in [0.1, 0.15) is 29.8 Å². The van der Waals surface area contributed by atoms with E-state index < -0.39 is 35.7 Å². The molecule has 0 saturated carbocycles. The Labute approximate surface area is 324 Å². The van der Waals surface area contributed by atoms with Crippen LogP contribution in [0.15, 0.2) is 54.0 Å². The second-order valence-electron chi connectivity index (χ2n) is 15.3. The molecule has 3 aromatic rings. The fraction of sp³-hybridized carbons (Fsp3) is 0.450. The third-order valence-corrected chi connectivity index (χ3v) is 11.6. The molecule has 0 aliphatic carbocycles. The Kier molecular flexibility index (Phi) is 10.0. The number of allylic oxidation sites excluding steroid dienone is 1. The molecule has 2 aromatic carbocycles. The van der Waals surface area contributed by atoms with Gasteiger partial charge in [0.2, 0.25) is 17.7 Å². The Bertz CT molecular complexity index is 2100. The molecule has 2 N–H and O–H groups in total. The van der Waals surface area contributed by atoms with Crippen molar-refractivity contribution in [2.75, 3.05) is 49.5 Å². The number of ether oxygens (including phenoxy) is 1. The Morgan fingerprint density at radius 2 is 1.68 bits per heavy atom. The minimum Gasteiger partial charge on any atom is -0.490 e. The van der Waals surface area contributed by atoms with Crippen molar-refractivity contribution in [1.29, 1.82) is 0 Å². The summed E-state index contributed by atoms with van der Waals surface area (Å²) < 4.78 is 8.10. The molecule has 16 heteroatoms. The second kappa shape index (κ2) is 15.1. The van der Waals surface area contributed by atoms with Crippen LogP contribution in [-0.4, -0.2) is 129 Å². The highest BCUT2D eigenvalue weighted by Gasteiger charge is 2.48. The first-order valence-corrected chi connectivity index (χ1v) is 19.2. The molecular formula is C40H46N10O6. The molecule has 0 bridgehead atoms. The van der Waals surface area contributed by atoms with Crippen LogP contribution >= 0.6 is 0 Å². The minimum absolute atomic E-state index is 0.0683. The van der Waals surface area contributed by atoms with E-state index in [2.05, 4.69) is 53.8 Å². The zero-order chi connectivity index (χ0) is 39.2. The zero-order valence-electron chi connectivity index (χ0n) is 31.6. The van der Waals surface area contributed by atoms with Crippen LogP contribution in [0.1, 0.15) is 77.4 Å². The number of nitrogens with zero attached hydrogens (tertiary/aromatic N) is 8. The summed E-state index contributed by atoms with van der Waals surface area (Å²) in [5.74, 6) is -0.196. The molecule has 0 spiro atoms. The number of hydrogen-bond donors (Lipinski definition) is 2. The molecule has 56 heavy (non-hydrogen) atoms. The number of piperidine rings is 2. The lowest BCUT2D eigenvalue weighted by Gasteiger charge is -2.55. The molecule has 8 rings (SSSR count). The third-order valence-electron chi connectivity index (χ3n) is 11.6. The number of nitrogens with one attached hydrogen (secondary N) is 2. The monoisotopic (exact) mass is 762 g/mol. The molecule has 1 aromatic heterocycles. The predicted octanol–water partition coefficient (Wildman–Crippen LogP) is 2.67.